The minimum atomic E-state index is -0.0275. The summed E-state index contributed by atoms with van der Waals surface area (Å²) in [6.07, 6.45) is 3.57. The van der Waals surface area contributed by atoms with Crippen LogP contribution < -0.4 is 10.6 Å². The van der Waals surface area contributed by atoms with Crippen molar-refractivity contribution in [3.8, 4) is 0 Å². The number of anilines is 1. The lowest BCUT2D eigenvalue weighted by molar-refractivity contribution is -0.114. The number of fused-ring (bicyclic) bond motifs is 1. The van der Waals surface area contributed by atoms with Crippen molar-refractivity contribution in [3.05, 3.63) is 77.9 Å². The first-order chi connectivity index (χ1) is 13.6. The average Bonchev–Trinajstić information content (AvgIpc) is 3.16. The lowest BCUT2D eigenvalue weighted by Crippen LogP contribution is -2.29. The molecule has 0 spiro atoms. The second-order valence-corrected chi connectivity index (χ2v) is 7.97. The molecule has 0 aliphatic heterocycles. The Balaban J connectivity index is 1.41. The summed E-state index contributed by atoms with van der Waals surface area (Å²) in [5, 5.41) is 9.35. The largest absolute Gasteiger partial charge is 0.326 e. The monoisotopic (exact) mass is 372 g/mol. The first-order valence-corrected chi connectivity index (χ1v) is 10.2. The van der Waals surface area contributed by atoms with Crippen LogP contribution in [0.25, 0.3) is 10.8 Å². The Morgan fingerprint density at radius 2 is 1.71 bits per heavy atom. The molecule has 1 aliphatic carbocycles. The fraction of sp³-hybridized carbons (Fsp3) is 0.320. The molecule has 3 aromatic carbocycles. The van der Waals surface area contributed by atoms with Gasteiger partial charge in [-0.2, -0.15) is 0 Å². The fourth-order valence-corrected chi connectivity index (χ4v) is 4.55. The number of hydrogen-bond donors (Lipinski definition) is 2. The van der Waals surface area contributed by atoms with Crippen LogP contribution in [0.3, 0.4) is 0 Å². The molecular formula is C25H28N2O. The molecule has 0 radical (unpaired) electrons. The third-order valence-electron chi connectivity index (χ3n) is 5.91. The van der Waals surface area contributed by atoms with Gasteiger partial charge in [-0.15, -0.1) is 0 Å². The predicted octanol–water partition coefficient (Wildman–Crippen LogP) is 5.79. The standard InChI is InChI=1S/C25H28N2O/c1-17(24-9-5-7-20-6-3-4-8-25(20)24)26-23-15-12-21(16-23)19-10-13-22(14-11-19)27-18(2)28/h3-11,13-14,17,21,23,26H,12,15-16H2,1-2H3,(H,27,28). The molecule has 2 N–H and O–H groups in total. The predicted molar refractivity (Wildman–Crippen MR) is 117 cm³/mol. The lowest BCUT2D eigenvalue weighted by Gasteiger charge is -2.21. The van der Waals surface area contributed by atoms with Crippen molar-refractivity contribution in [2.24, 2.45) is 0 Å². The molecule has 3 nitrogen and oxygen atoms in total. The molecule has 0 bridgehead atoms. The maximum atomic E-state index is 11.2. The van der Waals surface area contributed by atoms with E-state index in [4.69, 9.17) is 0 Å². The number of amides is 1. The van der Waals surface area contributed by atoms with Gasteiger partial charge in [-0.1, -0.05) is 54.6 Å². The number of benzene rings is 3. The number of nitrogens with one attached hydrogen (secondary N) is 2. The van der Waals surface area contributed by atoms with E-state index in [1.165, 1.54) is 41.7 Å². The van der Waals surface area contributed by atoms with Gasteiger partial charge in [0, 0.05) is 24.7 Å². The summed E-state index contributed by atoms with van der Waals surface area (Å²) in [5.41, 5.74) is 3.62. The summed E-state index contributed by atoms with van der Waals surface area (Å²) in [4.78, 5) is 11.2. The second-order valence-electron chi connectivity index (χ2n) is 7.97. The Morgan fingerprint density at radius 1 is 0.964 bits per heavy atom. The van der Waals surface area contributed by atoms with Crippen LogP contribution in [0.2, 0.25) is 0 Å². The van der Waals surface area contributed by atoms with E-state index in [0.29, 0.717) is 18.0 Å². The third-order valence-corrected chi connectivity index (χ3v) is 5.91. The Morgan fingerprint density at radius 3 is 2.50 bits per heavy atom. The molecule has 0 aromatic heterocycles. The summed E-state index contributed by atoms with van der Waals surface area (Å²) >= 11 is 0. The van der Waals surface area contributed by atoms with Gasteiger partial charge in [-0.05, 0) is 66.1 Å². The summed E-state index contributed by atoms with van der Waals surface area (Å²) < 4.78 is 0. The molecule has 1 fully saturated rings. The molecule has 1 amide bonds. The molecular weight excluding hydrogens is 344 g/mol. The molecule has 0 heterocycles. The van der Waals surface area contributed by atoms with Crippen LogP contribution in [0.1, 0.15) is 56.2 Å². The summed E-state index contributed by atoms with van der Waals surface area (Å²) in [7, 11) is 0. The van der Waals surface area contributed by atoms with Gasteiger partial charge in [-0.25, -0.2) is 0 Å². The van der Waals surface area contributed by atoms with Crippen molar-refractivity contribution >= 4 is 22.4 Å². The van der Waals surface area contributed by atoms with Crippen molar-refractivity contribution in [2.75, 3.05) is 5.32 Å². The molecule has 4 rings (SSSR count). The maximum absolute atomic E-state index is 11.2. The number of carbonyl (C=O) groups excluding carboxylic acids is 1. The van der Waals surface area contributed by atoms with Crippen molar-refractivity contribution in [2.45, 2.75) is 51.1 Å². The summed E-state index contributed by atoms with van der Waals surface area (Å²) in [6.45, 7) is 3.82. The highest BCUT2D eigenvalue weighted by Crippen LogP contribution is 2.36. The Labute approximate surface area is 167 Å². The second kappa shape index (κ2) is 8.15. The van der Waals surface area contributed by atoms with Crippen LogP contribution in [-0.4, -0.2) is 11.9 Å². The molecule has 1 saturated carbocycles. The van der Waals surface area contributed by atoms with Crippen LogP contribution in [-0.2, 0) is 4.79 Å². The number of hydrogen-bond acceptors (Lipinski definition) is 2. The van der Waals surface area contributed by atoms with Gasteiger partial charge >= 0.3 is 0 Å². The van der Waals surface area contributed by atoms with Crippen LogP contribution >= 0.6 is 0 Å². The van der Waals surface area contributed by atoms with Gasteiger partial charge in [-0.3, -0.25) is 4.79 Å². The van der Waals surface area contributed by atoms with Gasteiger partial charge in [0.25, 0.3) is 0 Å². The topological polar surface area (TPSA) is 41.1 Å². The first kappa shape index (κ1) is 18.7. The van der Waals surface area contributed by atoms with Gasteiger partial charge in [0.1, 0.15) is 0 Å². The highest BCUT2D eigenvalue weighted by molar-refractivity contribution is 5.88. The quantitative estimate of drug-likeness (QED) is 0.595. The van der Waals surface area contributed by atoms with Gasteiger partial charge in [0.05, 0.1) is 0 Å². The molecule has 3 atom stereocenters. The van der Waals surface area contributed by atoms with Crippen LogP contribution in [0.5, 0.6) is 0 Å². The van der Waals surface area contributed by atoms with E-state index < -0.39 is 0 Å². The van der Waals surface area contributed by atoms with Gasteiger partial charge in [0.15, 0.2) is 0 Å². The molecule has 3 heteroatoms. The van der Waals surface area contributed by atoms with E-state index in [0.717, 1.165) is 12.1 Å². The van der Waals surface area contributed by atoms with Gasteiger partial charge in [0.2, 0.25) is 5.91 Å². The van der Waals surface area contributed by atoms with Crippen LogP contribution in [0.4, 0.5) is 5.69 Å². The Hall–Kier alpha value is -2.65. The molecule has 144 valence electrons. The zero-order valence-electron chi connectivity index (χ0n) is 16.6. The molecule has 3 unspecified atom stereocenters. The Bertz CT molecular complexity index is 958. The molecule has 0 saturated heterocycles. The number of carbonyl (C=O) groups is 1. The fourth-order valence-electron chi connectivity index (χ4n) is 4.55. The van der Waals surface area contributed by atoms with E-state index in [9.17, 15) is 4.79 Å². The van der Waals surface area contributed by atoms with Crippen LogP contribution in [0, 0.1) is 0 Å². The van der Waals surface area contributed by atoms with Crippen molar-refractivity contribution in [1.82, 2.24) is 5.32 Å². The lowest BCUT2D eigenvalue weighted by atomic mass is 9.96. The Kier molecular flexibility index (Phi) is 5.45. The number of rotatable bonds is 5. The van der Waals surface area contributed by atoms with Gasteiger partial charge < -0.3 is 10.6 Å². The summed E-state index contributed by atoms with van der Waals surface area (Å²) in [6, 6.07) is 24.4. The van der Waals surface area contributed by atoms with E-state index in [1.807, 2.05) is 12.1 Å². The molecule has 1 aliphatic rings. The van der Waals surface area contributed by atoms with Crippen LogP contribution in [0.15, 0.2) is 66.7 Å². The first-order valence-electron chi connectivity index (χ1n) is 10.2. The van der Waals surface area contributed by atoms with E-state index in [2.05, 4.69) is 72.2 Å². The zero-order valence-corrected chi connectivity index (χ0v) is 16.6. The van der Waals surface area contributed by atoms with E-state index in [1.54, 1.807) is 0 Å². The van der Waals surface area contributed by atoms with E-state index in [-0.39, 0.29) is 5.91 Å². The SMILES string of the molecule is CC(=O)Nc1ccc(C2CCC(NC(C)c3cccc4ccccc34)C2)cc1. The highest BCUT2D eigenvalue weighted by Gasteiger charge is 2.27. The van der Waals surface area contributed by atoms with Crippen molar-refractivity contribution in [3.63, 3.8) is 0 Å². The normalized spacial score (nSPS) is 20.2. The molecule has 3 aromatic rings. The smallest absolute Gasteiger partial charge is 0.221 e. The van der Waals surface area contributed by atoms with E-state index >= 15 is 0 Å². The maximum Gasteiger partial charge on any atom is 0.221 e. The third kappa shape index (κ3) is 4.10. The van der Waals surface area contributed by atoms with Crippen molar-refractivity contribution in [1.29, 1.82) is 0 Å². The zero-order chi connectivity index (χ0) is 19.5. The highest BCUT2D eigenvalue weighted by atomic mass is 16.1. The summed E-state index contributed by atoms with van der Waals surface area (Å²) in [5.74, 6) is 0.559. The average molecular weight is 373 g/mol. The minimum absolute atomic E-state index is 0.0275. The van der Waals surface area contributed by atoms with Crippen molar-refractivity contribution < 1.29 is 4.79 Å². The minimum Gasteiger partial charge on any atom is -0.326 e. The molecule has 28 heavy (non-hydrogen) atoms.